The van der Waals surface area contributed by atoms with Gasteiger partial charge in [-0.25, -0.2) is 0 Å². The van der Waals surface area contributed by atoms with Crippen LogP contribution in [0.2, 0.25) is 10.0 Å². The van der Waals surface area contributed by atoms with Crippen molar-refractivity contribution in [2.45, 2.75) is 11.8 Å². The number of benzene rings is 3. The summed E-state index contributed by atoms with van der Waals surface area (Å²) in [4.78, 5) is 0. The minimum atomic E-state index is -0.197. The fraction of sp³-hybridized carbons (Fsp3) is 0.111. The Morgan fingerprint density at radius 2 is 1.57 bits per heavy atom. The third kappa shape index (κ3) is 3.35. The molecule has 0 bridgehead atoms. The number of hydrogen-bond acceptors (Lipinski definition) is 0. The lowest BCUT2D eigenvalue weighted by atomic mass is 10.0. The van der Waals surface area contributed by atoms with Crippen LogP contribution in [0.3, 0.4) is 0 Å². The van der Waals surface area contributed by atoms with Gasteiger partial charge in [0.15, 0.2) is 0 Å². The second-order valence-corrected chi connectivity index (χ2v) is 6.39. The molecule has 1 atom stereocenters. The maximum absolute atomic E-state index is 6.53. The Morgan fingerprint density at radius 3 is 2.38 bits per heavy atom. The third-order valence-corrected chi connectivity index (χ3v) is 4.49. The summed E-state index contributed by atoms with van der Waals surface area (Å²) in [5.74, 6) is 0. The molecule has 21 heavy (non-hydrogen) atoms. The zero-order chi connectivity index (χ0) is 14.8. The van der Waals surface area contributed by atoms with Crippen molar-refractivity contribution in [3.63, 3.8) is 0 Å². The maximum atomic E-state index is 6.53. The zero-order valence-electron chi connectivity index (χ0n) is 11.2. The van der Waals surface area contributed by atoms with E-state index in [1.54, 1.807) is 12.1 Å². The van der Waals surface area contributed by atoms with Gasteiger partial charge in [0.1, 0.15) is 0 Å². The van der Waals surface area contributed by atoms with Crippen LogP contribution in [0.5, 0.6) is 0 Å². The molecule has 106 valence electrons. The van der Waals surface area contributed by atoms with Crippen molar-refractivity contribution in [1.29, 1.82) is 0 Å². The summed E-state index contributed by atoms with van der Waals surface area (Å²) in [7, 11) is 0. The van der Waals surface area contributed by atoms with Crippen molar-refractivity contribution in [2.75, 3.05) is 0 Å². The highest BCUT2D eigenvalue weighted by Gasteiger charge is 2.13. The van der Waals surface area contributed by atoms with Gasteiger partial charge < -0.3 is 0 Å². The minimum Gasteiger partial charge on any atom is -0.117 e. The SMILES string of the molecule is Clc1ccc(Cl)c(C(Cl)Cc2ccc3ccccc3c2)c1. The molecule has 0 spiro atoms. The molecule has 0 heterocycles. The summed E-state index contributed by atoms with van der Waals surface area (Å²) in [6.07, 6.45) is 0.715. The Hall–Kier alpha value is -1.21. The van der Waals surface area contributed by atoms with E-state index in [0.29, 0.717) is 16.5 Å². The fourth-order valence-corrected chi connectivity index (χ4v) is 3.28. The Balaban J connectivity index is 1.88. The highest BCUT2D eigenvalue weighted by Crippen LogP contribution is 2.33. The first kappa shape index (κ1) is 14.7. The van der Waals surface area contributed by atoms with E-state index >= 15 is 0 Å². The Morgan fingerprint density at radius 1 is 0.810 bits per heavy atom. The van der Waals surface area contributed by atoms with Crippen molar-refractivity contribution >= 4 is 45.6 Å². The van der Waals surface area contributed by atoms with Gasteiger partial charge in [0, 0.05) is 10.0 Å². The number of halogens is 3. The second-order valence-electron chi connectivity index (χ2n) is 5.02. The number of hydrogen-bond donors (Lipinski definition) is 0. The number of fused-ring (bicyclic) bond motifs is 1. The minimum absolute atomic E-state index is 0.197. The van der Waals surface area contributed by atoms with Gasteiger partial charge in [-0.3, -0.25) is 0 Å². The van der Waals surface area contributed by atoms with Gasteiger partial charge in [-0.2, -0.15) is 0 Å². The average Bonchev–Trinajstić information content (AvgIpc) is 2.49. The molecule has 0 N–H and O–H groups in total. The Kier molecular flexibility index (Phi) is 4.40. The quantitative estimate of drug-likeness (QED) is 0.469. The predicted octanol–water partition coefficient (Wildman–Crippen LogP) is 6.67. The van der Waals surface area contributed by atoms with Crippen LogP contribution in [-0.4, -0.2) is 0 Å². The lowest BCUT2D eigenvalue weighted by molar-refractivity contribution is 0.922. The smallest absolute Gasteiger partial charge is 0.0640 e. The Labute approximate surface area is 139 Å². The largest absolute Gasteiger partial charge is 0.117 e. The van der Waals surface area contributed by atoms with Crippen LogP contribution in [0.25, 0.3) is 10.8 Å². The summed E-state index contributed by atoms with van der Waals surface area (Å²) in [5, 5.41) is 3.56. The highest BCUT2D eigenvalue weighted by atomic mass is 35.5. The number of rotatable bonds is 3. The predicted molar refractivity (Wildman–Crippen MR) is 92.7 cm³/mol. The van der Waals surface area contributed by atoms with Crippen LogP contribution in [0.4, 0.5) is 0 Å². The summed E-state index contributed by atoms with van der Waals surface area (Å²) >= 11 is 18.8. The van der Waals surface area contributed by atoms with Crippen molar-refractivity contribution in [3.05, 3.63) is 81.8 Å². The summed E-state index contributed by atoms with van der Waals surface area (Å²) in [6.45, 7) is 0. The molecule has 0 saturated heterocycles. The van der Waals surface area contributed by atoms with Crippen molar-refractivity contribution < 1.29 is 0 Å². The molecule has 0 aromatic heterocycles. The van der Waals surface area contributed by atoms with Crippen LogP contribution in [-0.2, 0) is 6.42 Å². The lowest BCUT2D eigenvalue weighted by Gasteiger charge is -2.13. The fourth-order valence-electron chi connectivity index (χ4n) is 2.44. The first-order valence-corrected chi connectivity index (χ1v) is 7.89. The van der Waals surface area contributed by atoms with Gasteiger partial charge in [-0.1, -0.05) is 65.7 Å². The van der Waals surface area contributed by atoms with Crippen LogP contribution in [0.15, 0.2) is 60.7 Å². The van der Waals surface area contributed by atoms with Crippen molar-refractivity contribution in [3.8, 4) is 0 Å². The molecule has 0 aliphatic heterocycles. The van der Waals surface area contributed by atoms with Crippen molar-refractivity contribution in [2.24, 2.45) is 0 Å². The molecule has 1 unspecified atom stereocenters. The topological polar surface area (TPSA) is 0 Å². The van der Waals surface area contributed by atoms with Gasteiger partial charge >= 0.3 is 0 Å². The maximum Gasteiger partial charge on any atom is 0.0640 e. The lowest BCUT2D eigenvalue weighted by Crippen LogP contribution is -1.97. The highest BCUT2D eigenvalue weighted by molar-refractivity contribution is 6.34. The van der Waals surface area contributed by atoms with E-state index in [4.69, 9.17) is 34.8 Å². The van der Waals surface area contributed by atoms with Crippen molar-refractivity contribution in [1.82, 2.24) is 0 Å². The van der Waals surface area contributed by atoms with E-state index in [9.17, 15) is 0 Å². The zero-order valence-corrected chi connectivity index (χ0v) is 13.5. The van der Waals surface area contributed by atoms with Gasteiger partial charge in [0.25, 0.3) is 0 Å². The average molecular weight is 336 g/mol. The monoisotopic (exact) mass is 334 g/mol. The van der Waals surface area contributed by atoms with Gasteiger partial charge in [-0.15, -0.1) is 11.6 Å². The van der Waals surface area contributed by atoms with E-state index < -0.39 is 0 Å². The Bertz CT molecular complexity index is 780. The molecule has 0 nitrogen and oxygen atoms in total. The summed E-state index contributed by atoms with van der Waals surface area (Å²) in [6, 6.07) is 20.1. The van der Waals surface area contributed by atoms with E-state index in [1.165, 1.54) is 16.3 Å². The van der Waals surface area contributed by atoms with Crippen LogP contribution < -0.4 is 0 Å². The molecule has 3 rings (SSSR count). The molecular weight excluding hydrogens is 323 g/mol. The molecule has 3 aromatic rings. The van der Waals surface area contributed by atoms with E-state index in [2.05, 4.69) is 30.3 Å². The standard InChI is InChI=1S/C18H13Cl3/c19-15-7-8-17(20)16(11-15)18(21)10-12-5-6-13-3-1-2-4-14(13)9-12/h1-9,11,18H,10H2. The molecule has 0 aliphatic carbocycles. The summed E-state index contributed by atoms with van der Waals surface area (Å²) in [5.41, 5.74) is 2.06. The van der Waals surface area contributed by atoms with Gasteiger partial charge in [0.2, 0.25) is 0 Å². The molecule has 0 amide bonds. The summed E-state index contributed by atoms with van der Waals surface area (Å²) < 4.78 is 0. The van der Waals surface area contributed by atoms with Crippen LogP contribution in [0.1, 0.15) is 16.5 Å². The molecule has 0 aliphatic rings. The first-order chi connectivity index (χ1) is 10.1. The molecule has 3 aromatic carbocycles. The first-order valence-electron chi connectivity index (χ1n) is 6.70. The normalized spacial score (nSPS) is 12.5. The van der Waals surface area contributed by atoms with Gasteiger partial charge in [0.05, 0.1) is 5.38 Å². The van der Waals surface area contributed by atoms with Crippen LogP contribution in [0, 0.1) is 0 Å². The molecule has 0 radical (unpaired) electrons. The van der Waals surface area contributed by atoms with E-state index in [-0.39, 0.29) is 5.38 Å². The van der Waals surface area contributed by atoms with E-state index in [1.807, 2.05) is 18.2 Å². The molecule has 3 heteroatoms. The van der Waals surface area contributed by atoms with E-state index in [0.717, 1.165) is 5.56 Å². The molecular formula is C18H13Cl3. The molecule has 0 saturated carbocycles. The second kappa shape index (κ2) is 6.27. The van der Waals surface area contributed by atoms with Crippen LogP contribution >= 0.6 is 34.8 Å². The third-order valence-electron chi connectivity index (χ3n) is 3.52. The number of alkyl halides is 1. The molecule has 0 fully saturated rings. The van der Waals surface area contributed by atoms with Gasteiger partial charge in [-0.05, 0) is 46.5 Å².